The van der Waals surface area contributed by atoms with Crippen LogP contribution in [0.15, 0.2) is 12.1 Å². The lowest BCUT2D eigenvalue weighted by molar-refractivity contribution is 0.264. The van der Waals surface area contributed by atoms with Crippen LogP contribution in [0.3, 0.4) is 0 Å². The molecule has 0 heterocycles. The van der Waals surface area contributed by atoms with Crippen molar-refractivity contribution in [2.24, 2.45) is 11.1 Å². The summed E-state index contributed by atoms with van der Waals surface area (Å²) in [5.41, 5.74) is 11.4. The lowest BCUT2D eigenvalue weighted by Gasteiger charge is -2.35. The van der Waals surface area contributed by atoms with Crippen molar-refractivity contribution in [3.63, 3.8) is 0 Å². The van der Waals surface area contributed by atoms with Crippen LogP contribution >= 0.6 is 0 Å². The Labute approximate surface area is 106 Å². The Morgan fingerprint density at radius 3 is 2.24 bits per heavy atom. The topological polar surface area (TPSA) is 38.0 Å². The molecule has 0 saturated heterocycles. The van der Waals surface area contributed by atoms with Crippen LogP contribution < -0.4 is 11.1 Å². The Balaban J connectivity index is 3.27. The molecular weight excluding hydrogens is 208 g/mol. The lowest BCUT2D eigenvalue weighted by atomic mass is 9.78. The third-order valence-electron chi connectivity index (χ3n) is 4.01. The van der Waals surface area contributed by atoms with Gasteiger partial charge in [-0.25, -0.2) is 0 Å². The Hall–Kier alpha value is -0.860. The van der Waals surface area contributed by atoms with E-state index in [0.29, 0.717) is 12.6 Å². The van der Waals surface area contributed by atoms with Gasteiger partial charge in [-0.2, -0.15) is 0 Å². The van der Waals surface area contributed by atoms with Crippen LogP contribution in [0.5, 0.6) is 0 Å². The van der Waals surface area contributed by atoms with Gasteiger partial charge in [0.15, 0.2) is 0 Å². The van der Waals surface area contributed by atoms with E-state index in [4.69, 9.17) is 5.73 Å². The van der Waals surface area contributed by atoms with Crippen LogP contribution in [0.1, 0.15) is 42.1 Å². The van der Waals surface area contributed by atoms with Crippen LogP contribution in [-0.2, 0) is 0 Å². The lowest BCUT2D eigenvalue weighted by Crippen LogP contribution is -2.38. The molecule has 0 aliphatic heterocycles. The predicted octanol–water partition coefficient (Wildman–Crippen LogP) is 2.86. The van der Waals surface area contributed by atoms with Gasteiger partial charge in [-0.15, -0.1) is 0 Å². The predicted molar refractivity (Wildman–Crippen MR) is 75.3 cm³/mol. The number of nitrogens with one attached hydrogen (secondary N) is 1. The summed E-state index contributed by atoms with van der Waals surface area (Å²) in [5.74, 6) is 0. The van der Waals surface area contributed by atoms with Gasteiger partial charge in [0.25, 0.3) is 0 Å². The van der Waals surface area contributed by atoms with Crippen molar-refractivity contribution in [1.29, 1.82) is 0 Å². The molecule has 1 rings (SSSR count). The quantitative estimate of drug-likeness (QED) is 0.840. The maximum absolute atomic E-state index is 5.90. The van der Waals surface area contributed by atoms with Crippen molar-refractivity contribution < 1.29 is 0 Å². The standard InChI is InChI=1S/C15H26N2/c1-10-7-8-13(12(3)11(10)2)14(17-6)15(4,5)9-16/h7-8,14,17H,9,16H2,1-6H3. The normalized spacial score (nSPS) is 13.8. The highest BCUT2D eigenvalue weighted by Gasteiger charge is 2.29. The maximum atomic E-state index is 5.90. The van der Waals surface area contributed by atoms with Crippen molar-refractivity contribution in [2.75, 3.05) is 13.6 Å². The summed E-state index contributed by atoms with van der Waals surface area (Å²) in [6.45, 7) is 11.6. The molecule has 1 unspecified atom stereocenters. The highest BCUT2D eigenvalue weighted by atomic mass is 14.9. The van der Waals surface area contributed by atoms with Gasteiger partial charge in [0.1, 0.15) is 0 Å². The highest BCUT2D eigenvalue weighted by molar-refractivity contribution is 5.41. The zero-order valence-corrected chi connectivity index (χ0v) is 12.0. The summed E-state index contributed by atoms with van der Waals surface area (Å²) >= 11 is 0. The minimum absolute atomic E-state index is 0.0568. The fraction of sp³-hybridized carbons (Fsp3) is 0.600. The van der Waals surface area contributed by atoms with Gasteiger partial charge in [-0.05, 0) is 62.0 Å². The summed E-state index contributed by atoms with van der Waals surface area (Å²) in [6.07, 6.45) is 0. The molecule has 0 radical (unpaired) electrons. The van der Waals surface area contributed by atoms with E-state index in [-0.39, 0.29) is 5.41 Å². The van der Waals surface area contributed by atoms with Crippen molar-refractivity contribution >= 4 is 0 Å². The Morgan fingerprint density at radius 2 is 1.76 bits per heavy atom. The number of benzene rings is 1. The van der Waals surface area contributed by atoms with Crippen LogP contribution in [0, 0.1) is 26.2 Å². The smallest absolute Gasteiger partial charge is 0.0384 e. The van der Waals surface area contributed by atoms with E-state index >= 15 is 0 Å². The molecule has 3 N–H and O–H groups in total. The van der Waals surface area contributed by atoms with E-state index in [1.54, 1.807) is 0 Å². The highest BCUT2D eigenvalue weighted by Crippen LogP contribution is 2.35. The van der Waals surface area contributed by atoms with Crippen molar-refractivity contribution in [3.05, 3.63) is 34.4 Å². The van der Waals surface area contributed by atoms with Gasteiger partial charge < -0.3 is 11.1 Å². The van der Waals surface area contributed by atoms with Crippen LogP contribution in [0.4, 0.5) is 0 Å². The second-order valence-electron chi connectivity index (χ2n) is 5.64. The molecular formula is C15H26N2. The molecule has 0 aliphatic rings. The maximum Gasteiger partial charge on any atom is 0.0384 e. The van der Waals surface area contributed by atoms with Crippen LogP contribution in [-0.4, -0.2) is 13.6 Å². The minimum atomic E-state index is 0.0568. The Morgan fingerprint density at radius 1 is 1.18 bits per heavy atom. The van der Waals surface area contributed by atoms with Gasteiger partial charge in [0.05, 0.1) is 0 Å². The Kier molecular flexibility index (Phi) is 4.34. The van der Waals surface area contributed by atoms with E-state index in [1.165, 1.54) is 22.3 Å². The summed E-state index contributed by atoms with van der Waals surface area (Å²) in [5, 5.41) is 3.42. The molecule has 1 aromatic carbocycles. The average molecular weight is 234 g/mol. The first-order valence-electron chi connectivity index (χ1n) is 6.29. The fourth-order valence-corrected chi connectivity index (χ4v) is 2.37. The Bertz CT molecular complexity index is 394. The zero-order chi connectivity index (χ0) is 13.2. The van der Waals surface area contributed by atoms with Gasteiger partial charge in [-0.1, -0.05) is 26.0 Å². The summed E-state index contributed by atoms with van der Waals surface area (Å²) in [4.78, 5) is 0. The second-order valence-corrected chi connectivity index (χ2v) is 5.64. The third kappa shape index (κ3) is 2.70. The van der Waals surface area contributed by atoms with Crippen molar-refractivity contribution in [2.45, 2.75) is 40.7 Å². The summed E-state index contributed by atoms with van der Waals surface area (Å²) < 4.78 is 0. The largest absolute Gasteiger partial charge is 0.330 e. The molecule has 0 fully saturated rings. The van der Waals surface area contributed by atoms with Gasteiger partial charge in [0.2, 0.25) is 0 Å². The van der Waals surface area contributed by atoms with Crippen molar-refractivity contribution in [1.82, 2.24) is 5.32 Å². The molecule has 0 spiro atoms. The number of rotatable bonds is 4. The zero-order valence-electron chi connectivity index (χ0n) is 12.0. The number of hydrogen-bond acceptors (Lipinski definition) is 2. The van der Waals surface area contributed by atoms with E-state index in [0.717, 1.165) is 0 Å². The molecule has 2 heteroatoms. The molecule has 0 amide bonds. The molecule has 1 aromatic rings. The van der Waals surface area contributed by atoms with Gasteiger partial charge >= 0.3 is 0 Å². The molecule has 1 atom stereocenters. The van der Waals surface area contributed by atoms with Gasteiger partial charge in [0, 0.05) is 6.04 Å². The average Bonchev–Trinajstić information content (AvgIpc) is 2.30. The molecule has 0 bridgehead atoms. The van der Waals surface area contributed by atoms with Crippen LogP contribution in [0.2, 0.25) is 0 Å². The van der Waals surface area contributed by atoms with Crippen LogP contribution in [0.25, 0.3) is 0 Å². The van der Waals surface area contributed by atoms with Gasteiger partial charge in [-0.3, -0.25) is 0 Å². The monoisotopic (exact) mass is 234 g/mol. The molecule has 17 heavy (non-hydrogen) atoms. The fourth-order valence-electron chi connectivity index (χ4n) is 2.37. The molecule has 96 valence electrons. The third-order valence-corrected chi connectivity index (χ3v) is 4.01. The molecule has 0 saturated carbocycles. The van der Waals surface area contributed by atoms with E-state index < -0.39 is 0 Å². The van der Waals surface area contributed by atoms with E-state index in [2.05, 4.69) is 52.1 Å². The SMILES string of the molecule is CNC(c1ccc(C)c(C)c1C)C(C)(C)CN. The van der Waals surface area contributed by atoms with E-state index in [9.17, 15) is 0 Å². The van der Waals surface area contributed by atoms with Crippen molar-refractivity contribution in [3.8, 4) is 0 Å². The summed E-state index contributed by atoms with van der Waals surface area (Å²) in [7, 11) is 2.01. The van der Waals surface area contributed by atoms with E-state index in [1.807, 2.05) is 7.05 Å². The number of aryl methyl sites for hydroxylation is 1. The summed E-state index contributed by atoms with van der Waals surface area (Å²) in [6, 6.07) is 4.73. The first-order valence-corrected chi connectivity index (χ1v) is 6.29. The number of nitrogens with two attached hydrogens (primary N) is 1. The number of hydrogen-bond donors (Lipinski definition) is 2. The second kappa shape index (κ2) is 5.19. The first-order chi connectivity index (χ1) is 7.85. The molecule has 0 aromatic heterocycles. The molecule has 2 nitrogen and oxygen atoms in total. The minimum Gasteiger partial charge on any atom is -0.330 e. The first kappa shape index (κ1) is 14.2. The molecule has 0 aliphatic carbocycles.